The lowest BCUT2D eigenvalue weighted by Crippen LogP contribution is -2.41. The predicted molar refractivity (Wildman–Crippen MR) is 79.9 cm³/mol. The molecule has 0 fully saturated rings. The Hall–Kier alpha value is -0.710. The van der Waals surface area contributed by atoms with E-state index in [9.17, 15) is 4.39 Å². The first-order valence-electron chi connectivity index (χ1n) is 7.29. The average molecular weight is 269 g/mol. The lowest BCUT2D eigenvalue weighted by atomic mass is 9.90. The number of nitrogens with two attached hydrogens (primary N) is 1. The summed E-state index contributed by atoms with van der Waals surface area (Å²) < 4.78 is 13.1. The molecule has 0 saturated heterocycles. The number of nitrogens with zero attached hydrogens (tertiary/aromatic N) is 1. The minimum absolute atomic E-state index is 0.0260. The molecule has 3 atom stereocenters. The van der Waals surface area contributed by atoms with Crippen LogP contribution in [-0.4, -0.2) is 49.8 Å². The van der Waals surface area contributed by atoms with E-state index in [1.165, 1.54) is 0 Å². The summed E-state index contributed by atoms with van der Waals surface area (Å²) in [7, 11) is 0. The smallest absolute Gasteiger partial charge is 0.0975 e. The van der Waals surface area contributed by atoms with Crippen molar-refractivity contribution in [2.75, 3.05) is 32.9 Å². The molecular weight excluding hydrogens is 241 g/mol. The highest BCUT2D eigenvalue weighted by Gasteiger charge is 2.21. The second-order valence-electron chi connectivity index (χ2n) is 5.14. The molecule has 3 N–H and O–H groups in total. The first-order valence-corrected chi connectivity index (χ1v) is 7.29. The van der Waals surface area contributed by atoms with Crippen LogP contribution in [0.4, 0.5) is 4.39 Å². The molecule has 0 spiro atoms. The summed E-state index contributed by atoms with van der Waals surface area (Å²) in [4.78, 5) is 2.35. The largest absolute Gasteiger partial charge is 0.324 e. The molecule has 0 bridgehead atoms. The van der Waals surface area contributed by atoms with Crippen LogP contribution < -0.4 is 11.1 Å². The topological polar surface area (TPSA) is 41.3 Å². The summed E-state index contributed by atoms with van der Waals surface area (Å²) in [5, 5.41) is 3.43. The van der Waals surface area contributed by atoms with Gasteiger partial charge >= 0.3 is 0 Å². The van der Waals surface area contributed by atoms with E-state index in [1.807, 2.05) is 25.2 Å². The molecule has 0 radical (unpaired) electrons. The molecule has 19 heavy (non-hydrogen) atoms. The van der Waals surface area contributed by atoms with Gasteiger partial charge in [0.25, 0.3) is 0 Å². The van der Waals surface area contributed by atoms with Gasteiger partial charge in [-0.15, -0.1) is 0 Å². The first-order chi connectivity index (χ1) is 9.12. The van der Waals surface area contributed by atoms with Crippen molar-refractivity contribution in [1.29, 1.82) is 0 Å². The van der Waals surface area contributed by atoms with Crippen molar-refractivity contribution >= 4 is 0 Å². The lowest BCUT2D eigenvalue weighted by Gasteiger charge is -2.27. The van der Waals surface area contributed by atoms with Crippen LogP contribution in [0.2, 0.25) is 0 Å². The van der Waals surface area contributed by atoms with Crippen molar-refractivity contribution in [3.8, 4) is 0 Å². The van der Waals surface area contributed by atoms with E-state index < -0.39 is 0 Å². The fourth-order valence-electron chi connectivity index (χ4n) is 2.36. The maximum Gasteiger partial charge on any atom is 0.0975 e. The molecule has 0 aromatic rings. The summed E-state index contributed by atoms with van der Waals surface area (Å²) in [5.41, 5.74) is 6.87. The Kier molecular flexibility index (Phi) is 7.28. The van der Waals surface area contributed by atoms with E-state index in [4.69, 9.17) is 5.73 Å². The third-order valence-corrected chi connectivity index (χ3v) is 3.77. The van der Waals surface area contributed by atoms with Gasteiger partial charge in [-0.25, -0.2) is 0 Å². The minimum atomic E-state index is -0.344. The van der Waals surface area contributed by atoms with E-state index in [0.29, 0.717) is 0 Å². The molecule has 0 aliphatic heterocycles. The van der Waals surface area contributed by atoms with Crippen LogP contribution in [0.15, 0.2) is 23.8 Å². The molecule has 0 heterocycles. The molecule has 1 rings (SSSR count). The van der Waals surface area contributed by atoms with E-state index in [-0.39, 0.29) is 24.7 Å². The Morgan fingerprint density at radius 1 is 1.42 bits per heavy atom. The Labute approximate surface area is 116 Å². The van der Waals surface area contributed by atoms with Gasteiger partial charge in [0, 0.05) is 31.1 Å². The average Bonchev–Trinajstić information content (AvgIpc) is 2.43. The number of hydrogen-bond acceptors (Lipinski definition) is 3. The second kappa shape index (κ2) is 8.46. The molecule has 0 amide bonds. The molecule has 0 saturated carbocycles. The Balaban J connectivity index is 2.45. The Bertz CT molecular complexity index is 309. The van der Waals surface area contributed by atoms with Crippen LogP contribution in [0.1, 0.15) is 20.8 Å². The maximum absolute atomic E-state index is 13.1. The number of nitrogens with one attached hydrogen (secondary N) is 1. The minimum Gasteiger partial charge on any atom is -0.324 e. The highest BCUT2D eigenvalue weighted by molar-refractivity contribution is 5.30. The van der Waals surface area contributed by atoms with Gasteiger partial charge in [0.15, 0.2) is 0 Å². The Morgan fingerprint density at radius 2 is 2.11 bits per heavy atom. The standard InChI is InChI=1S/C15H28FN3/c1-4-19(5-2)9-8-18-15-7-6-13(12(3)17)10-14(15)11-16/h6-7,10,12,14-15,18H,4-5,8-9,11,17H2,1-3H3. The van der Waals surface area contributed by atoms with Crippen LogP contribution in [0.25, 0.3) is 0 Å². The normalized spacial score (nSPS) is 24.6. The molecule has 1 aliphatic carbocycles. The monoisotopic (exact) mass is 269 g/mol. The van der Waals surface area contributed by atoms with Gasteiger partial charge < -0.3 is 16.0 Å². The van der Waals surface area contributed by atoms with E-state index in [1.54, 1.807) is 0 Å². The summed E-state index contributed by atoms with van der Waals surface area (Å²) >= 11 is 0. The van der Waals surface area contributed by atoms with Gasteiger partial charge in [-0.2, -0.15) is 0 Å². The number of alkyl halides is 1. The summed E-state index contributed by atoms with van der Waals surface area (Å²) in [6, 6.07) is 0.0602. The molecular formula is C15H28FN3. The maximum atomic E-state index is 13.1. The number of rotatable bonds is 8. The molecule has 0 aromatic heterocycles. The summed E-state index contributed by atoms with van der Waals surface area (Å²) in [6.45, 7) is 9.90. The fourth-order valence-corrected chi connectivity index (χ4v) is 2.36. The van der Waals surface area contributed by atoms with Crippen molar-refractivity contribution < 1.29 is 4.39 Å². The molecule has 4 heteroatoms. The van der Waals surface area contributed by atoms with Crippen LogP contribution in [0.5, 0.6) is 0 Å². The van der Waals surface area contributed by atoms with Crippen molar-refractivity contribution in [1.82, 2.24) is 10.2 Å². The van der Waals surface area contributed by atoms with Gasteiger partial charge in [-0.05, 0) is 25.6 Å². The quantitative estimate of drug-likeness (QED) is 0.705. The first kappa shape index (κ1) is 16.3. The third kappa shape index (κ3) is 5.05. The molecule has 1 aliphatic rings. The van der Waals surface area contributed by atoms with Gasteiger partial charge in [0.05, 0.1) is 6.67 Å². The zero-order valence-electron chi connectivity index (χ0n) is 12.4. The highest BCUT2D eigenvalue weighted by Crippen LogP contribution is 2.19. The van der Waals surface area contributed by atoms with Crippen LogP contribution in [-0.2, 0) is 0 Å². The van der Waals surface area contributed by atoms with Gasteiger partial charge in [0.1, 0.15) is 0 Å². The third-order valence-electron chi connectivity index (χ3n) is 3.77. The number of halogens is 1. The molecule has 3 unspecified atom stereocenters. The predicted octanol–water partition coefficient (Wildman–Crippen LogP) is 1.72. The van der Waals surface area contributed by atoms with Crippen molar-refractivity contribution in [2.24, 2.45) is 11.7 Å². The fraction of sp³-hybridized carbons (Fsp3) is 0.733. The molecule has 3 nitrogen and oxygen atoms in total. The summed E-state index contributed by atoms with van der Waals surface area (Å²) in [6.07, 6.45) is 6.04. The van der Waals surface area contributed by atoms with Crippen molar-refractivity contribution in [2.45, 2.75) is 32.9 Å². The zero-order chi connectivity index (χ0) is 14.3. The SMILES string of the molecule is CCN(CC)CCNC1C=CC(C(C)N)=CC1CF. The second-order valence-corrected chi connectivity index (χ2v) is 5.14. The number of likely N-dealkylation sites (N-methyl/N-ethyl adjacent to an activating group) is 1. The Morgan fingerprint density at radius 3 is 2.63 bits per heavy atom. The number of hydrogen-bond donors (Lipinski definition) is 2. The van der Waals surface area contributed by atoms with Crippen LogP contribution in [0.3, 0.4) is 0 Å². The van der Waals surface area contributed by atoms with E-state index in [0.717, 1.165) is 31.8 Å². The van der Waals surface area contributed by atoms with Gasteiger partial charge in [-0.1, -0.05) is 32.1 Å². The van der Waals surface area contributed by atoms with Crippen molar-refractivity contribution in [3.63, 3.8) is 0 Å². The zero-order valence-corrected chi connectivity index (χ0v) is 12.4. The molecule has 110 valence electrons. The lowest BCUT2D eigenvalue weighted by molar-refractivity contribution is 0.287. The molecule has 0 aromatic carbocycles. The van der Waals surface area contributed by atoms with E-state index in [2.05, 4.69) is 24.1 Å². The van der Waals surface area contributed by atoms with Gasteiger partial charge in [0.2, 0.25) is 0 Å². The van der Waals surface area contributed by atoms with Gasteiger partial charge in [-0.3, -0.25) is 4.39 Å². The summed E-state index contributed by atoms with van der Waals surface area (Å²) in [5.74, 6) is -0.0947. The van der Waals surface area contributed by atoms with E-state index >= 15 is 0 Å². The van der Waals surface area contributed by atoms with Crippen LogP contribution in [0, 0.1) is 5.92 Å². The highest BCUT2D eigenvalue weighted by atomic mass is 19.1. The van der Waals surface area contributed by atoms with Crippen molar-refractivity contribution in [3.05, 3.63) is 23.8 Å². The van der Waals surface area contributed by atoms with Crippen LogP contribution >= 0.6 is 0 Å².